The largest absolute Gasteiger partial charge is 0.355 e. The molecule has 0 fully saturated rings. The number of nitrogens with one attached hydrogen (secondary N) is 1. The van der Waals surface area contributed by atoms with Gasteiger partial charge in [-0.1, -0.05) is 13.8 Å². The van der Waals surface area contributed by atoms with Gasteiger partial charge in [-0.3, -0.25) is 4.79 Å². The number of carbonyl (C=O) groups excluding carboxylic acids is 1. The van der Waals surface area contributed by atoms with Crippen LogP contribution in [0.4, 0.5) is 0 Å². The van der Waals surface area contributed by atoms with Crippen molar-refractivity contribution in [3.8, 4) is 0 Å². The van der Waals surface area contributed by atoms with E-state index in [-0.39, 0.29) is 11.8 Å². The van der Waals surface area contributed by atoms with Crippen LogP contribution >= 0.6 is 0 Å². The Morgan fingerprint density at radius 1 is 1.56 bits per heavy atom. The van der Waals surface area contributed by atoms with E-state index in [0.717, 1.165) is 31.5 Å². The van der Waals surface area contributed by atoms with Gasteiger partial charge in [0.2, 0.25) is 5.91 Å². The number of imidazole rings is 1. The van der Waals surface area contributed by atoms with Gasteiger partial charge in [-0.05, 0) is 19.3 Å². The monoisotopic (exact) mass is 249 g/mol. The highest BCUT2D eigenvalue weighted by Crippen LogP contribution is 2.14. The van der Waals surface area contributed by atoms with Crippen molar-refractivity contribution in [3.05, 3.63) is 17.7 Å². The highest BCUT2D eigenvalue weighted by atomic mass is 16.1. The summed E-state index contributed by atoms with van der Waals surface area (Å²) in [7, 11) is 0. The number of fused-ring (bicyclic) bond motifs is 1. The first-order valence-electron chi connectivity index (χ1n) is 7.03. The lowest BCUT2D eigenvalue weighted by molar-refractivity contribution is -0.124. The zero-order chi connectivity index (χ0) is 13.0. The highest BCUT2D eigenvalue weighted by Gasteiger charge is 2.13. The van der Waals surface area contributed by atoms with Gasteiger partial charge < -0.3 is 9.88 Å². The first-order chi connectivity index (χ1) is 8.70. The Kier molecular flexibility index (Phi) is 4.39. The SMILES string of the molecule is CCC(C)C(=O)NCCc1cn2c(n1)CCCC2. The summed E-state index contributed by atoms with van der Waals surface area (Å²) in [5.41, 5.74) is 1.11. The molecule has 18 heavy (non-hydrogen) atoms. The number of hydrogen-bond donors (Lipinski definition) is 1. The second-order valence-electron chi connectivity index (χ2n) is 5.15. The summed E-state index contributed by atoms with van der Waals surface area (Å²) >= 11 is 0. The number of carbonyl (C=O) groups is 1. The normalized spacial score (nSPS) is 16.1. The Morgan fingerprint density at radius 2 is 2.39 bits per heavy atom. The van der Waals surface area contributed by atoms with Crippen LogP contribution in [0.25, 0.3) is 0 Å². The maximum atomic E-state index is 11.6. The fraction of sp³-hybridized carbons (Fsp3) is 0.714. The zero-order valence-corrected chi connectivity index (χ0v) is 11.4. The molecule has 1 unspecified atom stereocenters. The lowest BCUT2D eigenvalue weighted by atomic mass is 10.1. The van der Waals surface area contributed by atoms with Crippen molar-refractivity contribution in [2.45, 2.75) is 52.5 Å². The van der Waals surface area contributed by atoms with E-state index in [1.165, 1.54) is 18.7 Å². The van der Waals surface area contributed by atoms with E-state index in [1.807, 2.05) is 13.8 Å². The second-order valence-corrected chi connectivity index (χ2v) is 5.15. The Bertz CT molecular complexity index is 388. The zero-order valence-electron chi connectivity index (χ0n) is 11.4. The standard InChI is InChI=1S/C14H23N3O/c1-3-11(2)14(18)15-8-7-12-10-17-9-5-4-6-13(17)16-12/h10-11H,3-9H2,1-2H3,(H,15,18). The molecule has 0 radical (unpaired) electrons. The van der Waals surface area contributed by atoms with Crippen molar-refractivity contribution >= 4 is 5.91 Å². The molecule has 1 amide bonds. The van der Waals surface area contributed by atoms with Crippen LogP contribution in [0.3, 0.4) is 0 Å². The Morgan fingerprint density at radius 3 is 3.11 bits per heavy atom. The molecule has 100 valence electrons. The van der Waals surface area contributed by atoms with Crippen LogP contribution in [0.5, 0.6) is 0 Å². The lowest BCUT2D eigenvalue weighted by Crippen LogP contribution is -2.30. The van der Waals surface area contributed by atoms with E-state index < -0.39 is 0 Å². The molecule has 0 aromatic carbocycles. The molecule has 2 heterocycles. The van der Waals surface area contributed by atoms with E-state index in [9.17, 15) is 4.79 Å². The van der Waals surface area contributed by atoms with Gasteiger partial charge in [0, 0.05) is 38.0 Å². The highest BCUT2D eigenvalue weighted by molar-refractivity contribution is 5.78. The number of nitrogens with zero attached hydrogens (tertiary/aromatic N) is 2. The van der Waals surface area contributed by atoms with Crippen LogP contribution in [0.2, 0.25) is 0 Å². The van der Waals surface area contributed by atoms with Crippen molar-refractivity contribution < 1.29 is 4.79 Å². The Labute approximate surface area is 109 Å². The van der Waals surface area contributed by atoms with Crippen molar-refractivity contribution in [2.75, 3.05) is 6.54 Å². The molecule has 1 N–H and O–H groups in total. The van der Waals surface area contributed by atoms with Crippen LogP contribution in [-0.4, -0.2) is 22.0 Å². The minimum absolute atomic E-state index is 0.111. The summed E-state index contributed by atoms with van der Waals surface area (Å²) in [5, 5.41) is 2.97. The minimum atomic E-state index is 0.111. The van der Waals surface area contributed by atoms with Gasteiger partial charge in [-0.25, -0.2) is 4.98 Å². The van der Waals surface area contributed by atoms with Gasteiger partial charge >= 0.3 is 0 Å². The molecule has 1 aromatic heterocycles. The van der Waals surface area contributed by atoms with Crippen molar-refractivity contribution in [1.82, 2.24) is 14.9 Å². The van der Waals surface area contributed by atoms with Crippen LogP contribution in [-0.2, 0) is 24.2 Å². The maximum absolute atomic E-state index is 11.6. The third kappa shape index (κ3) is 3.12. The molecule has 1 aliphatic heterocycles. The first kappa shape index (κ1) is 13.1. The average Bonchev–Trinajstić information content (AvgIpc) is 2.80. The molecule has 0 aliphatic carbocycles. The quantitative estimate of drug-likeness (QED) is 0.866. The van der Waals surface area contributed by atoms with Gasteiger partial charge in [-0.15, -0.1) is 0 Å². The van der Waals surface area contributed by atoms with Crippen molar-refractivity contribution in [2.24, 2.45) is 5.92 Å². The number of rotatable bonds is 5. The van der Waals surface area contributed by atoms with Gasteiger partial charge in [0.1, 0.15) is 5.82 Å². The van der Waals surface area contributed by atoms with Gasteiger partial charge in [0.25, 0.3) is 0 Å². The Balaban J connectivity index is 1.80. The number of amides is 1. The fourth-order valence-electron chi connectivity index (χ4n) is 2.27. The van der Waals surface area contributed by atoms with Crippen LogP contribution in [0, 0.1) is 5.92 Å². The number of hydrogen-bond acceptors (Lipinski definition) is 2. The maximum Gasteiger partial charge on any atom is 0.222 e. The minimum Gasteiger partial charge on any atom is -0.355 e. The molecule has 4 nitrogen and oxygen atoms in total. The molecular weight excluding hydrogens is 226 g/mol. The molecule has 1 aliphatic rings. The topological polar surface area (TPSA) is 46.9 Å². The van der Waals surface area contributed by atoms with E-state index in [0.29, 0.717) is 6.54 Å². The third-order valence-electron chi connectivity index (χ3n) is 3.70. The summed E-state index contributed by atoms with van der Waals surface area (Å²) in [6.45, 7) is 5.79. The molecule has 0 saturated carbocycles. The predicted octanol–water partition coefficient (Wildman–Crippen LogP) is 1.92. The predicted molar refractivity (Wildman–Crippen MR) is 71.3 cm³/mol. The van der Waals surface area contributed by atoms with E-state index in [4.69, 9.17) is 0 Å². The number of aryl methyl sites for hydroxylation is 2. The molecule has 4 heteroatoms. The molecule has 2 rings (SSSR count). The van der Waals surface area contributed by atoms with E-state index in [2.05, 4.69) is 21.1 Å². The smallest absolute Gasteiger partial charge is 0.222 e. The molecular formula is C14H23N3O. The summed E-state index contributed by atoms with van der Waals surface area (Å²) in [4.78, 5) is 16.2. The fourth-order valence-corrected chi connectivity index (χ4v) is 2.27. The van der Waals surface area contributed by atoms with Gasteiger partial charge in [0.05, 0.1) is 5.69 Å². The third-order valence-corrected chi connectivity index (χ3v) is 3.70. The summed E-state index contributed by atoms with van der Waals surface area (Å²) < 4.78 is 2.26. The molecule has 1 atom stereocenters. The first-order valence-corrected chi connectivity index (χ1v) is 7.03. The lowest BCUT2D eigenvalue weighted by Gasteiger charge is -2.11. The summed E-state index contributed by atoms with van der Waals surface area (Å²) in [6.07, 6.45) is 7.48. The van der Waals surface area contributed by atoms with Gasteiger partial charge in [-0.2, -0.15) is 0 Å². The average molecular weight is 249 g/mol. The molecule has 0 spiro atoms. The second kappa shape index (κ2) is 6.03. The van der Waals surface area contributed by atoms with E-state index in [1.54, 1.807) is 0 Å². The molecule has 0 bridgehead atoms. The van der Waals surface area contributed by atoms with Crippen molar-refractivity contribution in [3.63, 3.8) is 0 Å². The van der Waals surface area contributed by atoms with Gasteiger partial charge in [0.15, 0.2) is 0 Å². The summed E-state index contributed by atoms with van der Waals surface area (Å²) in [5.74, 6) is 1.48. The molecule has 1 aromatic rings. The number of aromatic nitrogens is 2. The Hall–Kier alpha value is -1.32. The van der Waals surface area contributed by atoms with Crippen LogP contribution < -0.4 is 5.32 Å². The van der Waals surface area contributed by atoms with Crippen molar-refractivity contribution in [1.29, 1.82) is 0 Å². The summed E-state index contributed by atoms with van der Waals surface area (Å²) in [6, 6.07) is 0. The van der Waals surface area contributed by atoms with Crippen LogP contribution in [0.15, 0.2) is 6.20 Å². The van der Waals surface area contributed by atoms with E-state index >= 15 is 0 Å². The van der Waals surface area contributed by atoms with Crippen LogP contribution in [0.1, 0.15) is 44.6 Å². The molecule has 0 saturated heterocycles.